The van der Waals surface area contributed by atoms with Crippen molar-refractivity contribution >= 4 is 29.9 Å². The standard InChI is InChI=1S/C24H36N6O2.HI/c1-17-8-10-19(11-9-17)23-20(6-4-13-32-23)14-25-24(26-15-21-7-5-12-31-21)27-16-22-29-28-18(2)30(22)3;/h8-11,20-21,23H,4-7,12-16H2,1-3H3,(H2,25,26,27);1H. The Hall–Kier alpha value is -1.72. The van der Waals surface area contributed by atoms with Gasteiger partial charge in [0.05, 0.1) is 12.2 Å². The molecule has 3 unspecified atom stereocenters. The molecule has 4 rings (SSSR count). The number of ether oxygens (including phenoxy) is 2. The average molecular weight is 569 g/mol. The third-order valence-corrected chi connectivity index (χ3v) is 6.46. The molecule has 0 amide bonds. The van der Waals surface area contributed by atoms with E-state index in [0.717, 1.165) is 69.6 Å². The number of rotatable bonds is 7. The Bertz CT molecular complexity index is 895. The summed E-state index contributed by atoms with van der Waals surface area (Å²) in [6, 6.07) is 8.71. The molecule has 182 valence electrons. The first kappa shape index (κ1) is 25.9. The van der Waals surface area contributed by atoms with E-state index >= 15 is 0 Å². The van der Waals surface area contributed by atoms with Gasteiger partial charge in [0.2, 0.25) is 0 Å². The van der Waals surface area contributed by atoms with Crippen molar-refractivity contribution in [2.24, 2.45) is 18.0 Å². The van der Waals surface area contributed by atoms with Crippen LogP contribution in [0.15, 0.2) is 29.3 Å². The normalized spacial score (nSPS) is 23.2. The van der Waals surface area contributed by atoms with Gasteiger partial charge < -0.3 is 24.7 Å². The van der Waals surface area contributed by atoms with Crippen molar-refractivity contribution in [3.05, 3.63) is 47.0 Å². The molecular formula is C24H37IN6O2. The lowest BCUT2D eigenvalue weighted by Gasteiger charge is -2.32. The summed E-state index contributed by atoms with van der Waals surface area (Å²) in [5, 5.41) is 15.4. The predicted octanol–water partition coefficient (Wildman–Crippen LogP) is 3.43. The Morgan fingerprint density at radius 2 is 1.76 bits per heavy atom. The molecule has 8 nitrogen and oxygen atoms in total. The van der Waals surface area contributed by atoms with Gasteiger partial charge in [0.25, 0.3) is 0 Å². The van der Waals surface area contributed by atoms with Crippen molar-refractivity contribution in [3.8, 4) is 0 Å². The Labute approximate surface area is 214 Å². The Kier molecular flexibility index (Phi) is 9.94. The number of aryl methyl sites for hydroxylation is 2. The second kappa shape index (κ2) is 12.7. The molecule has 2 aromatic rings. The first-order valence-electron chi connectivity index (χ1n) is 11.8. The van der Waals surface area contributed by atoms with Crippen LogP contribution in [0.1, 0.15) is 54.6 Å². The zero-order valence-electron chi connectivity index (χ0n) is 19.9. The third-order valence-electron chi connectivity index (χ3n) is 6.46. The highest BCUT2D eigenvalue weighted by Crippen LogP contribution is 2.33. The zero-order valence-corrected chi connectivity index (χ0v) is 22.2. The van der Waals surface area contributed by atoms with Gasteiger partial charge in [-0.3, -0.25) is 0 Å². The number of hydrogen-bond donors (Lipinski definition) is 2. The maximum atomic E-state index is 6.20. The van der Waals surface area contributed by atoms with E-state index < -0.39 is 0 Å². The van der Waals surface area contributed by atoms with E-state index in [2.05, 4.69) is 52.0 Å². The number of halogens is 1. The Balaban J connectivity index is 0.00000306. The van der Waals surface area contributed by atoms with Crippen LogP contribution in [-0.2, 0) is 23.1 Å². The Morgan fingerprint density at radius 1 is 1.03 bits per heavy atom. The van der Waals surface area contributed by atoms with E-state index in [1.54, 1.807) is 0 Å². The number of guanidine groups is 1. The van der Waals surface area contributed by atoms with Gasteiger partial charge in [0.15, 0.2) is 11.8 Å². The number of nitrogens with zero attached hydrogens (tertiary/aromatic N) is 4. The summed E-state index contributed by atoms with van der Waals surface area (Å²) in [6.45, 7) is 7.76. The van der Waals surface area contributed by atoms with E-state index in [1.165, 1.54) is 11.1 Å². The van der Waals surface area contributed by atoms with Crippen LogP contribution in [0.4, 0.5) is 0 Å². The lowest BCUT2D eigenvalue weighted by molar-refractivity contribution is -0.0265. The van der Waals surface area contributed by atoms with Crippen LogP contribution in [-0.4, -0.2) is 53.1 Å². The summed E-state index contributed by atoms with van der Waals surface area (Å²) in [4.78, 5) is 4.80. The molecule has 3 atom stereocenters. The number of benzene rings is 1. The van der Waals surface area contributed by atoms with Gasteiger partial charge in [-0.1, -0.05) is 29.8 Å². The first-order valence-corrected chi connectivity index (χ1v) is 11.8. The molecule has 0 aliphatic carbocycles. The van der Waals surface area contributed by atoms with Gasteiger partial charge in [-0.2, -0.15) is 0 Å². The van der Waals surface area contributed by atoms with E-state index in [1.807, 2.05) is 18.5 Å². The van der Waals surface area contributed by atoms with Crippen molar-refractivity contribution in [1.82, 2.24) is 25.4 Å². The van der Waals surface area contributed by atoms with Gasteiger partial charge in [-0.25, -0.2) is 4.99 Å². The highest BCUT2D eigenvalue weighted by molar-refractivity contribution is 14.0. The van der Waals surface area contributed by atoms with Crippen molar-refractivity contribution < 1.29 is 9.47 Å². The molecule has 2 aliphatic rings. The monoisotopic (exact) mass is 568 g/mol. The minimum absolute atomic E-state index is 0. The average Bonchev–Trinajstić information content (AvgIpc) is 3.44. The molecule has 1 aromatic heterocycles. The second-order valence-electron chi connectivity index (χ2n) is 8.89. The molecule has 33 heavy (non-hydrogen) atoms. The summed E-state index contributed by atoms with van der Waals surface area (Å²) in [5.41, 5.74) is 2.52. The topological polar surface area (TPSA) is 85.6 Å². The maximum absolute atomic E-state index is 6.20. The van der Waals surface area contributed by atoms with E-state index in [4.69, 9.17) is 14.5 Å². The molecular weight excluding hydrogens is 531 g/mol. The maximum Gasteiger partial charge on any atom is 0.191 e. The fourth-order valence-corrected chi connectivity index (χ4v) is 4.33. The molecule has 0 saturated carbocycles. The number of hydrogen-bond acceptors (Lipinski definition) is 5. The van der Waals surface area contributed by atoms with Crippen LogP contribution in [0.2, 0.25) is 0 Å². The fraction of sp³-hybridized carbons (Fsp3) is 0.625. The van der Waals surface area contributed by atoms with E-state index in [-0.39, 0.29) is 36.2 Å². The Morgan fingerprint density at radius 3 is 2.45 bits per heavy atom. The van der Waals surface area contributed by atoms with Crippen LogP contribution in [0.25, 0.3) is 0 Å². The molecule has 2 saturated heterocycles. The summed E-state index contributed by atoms with van der Waals surface area (Å²) in [5.74, 6) is 2.91. The van der Waals surface area contributed by atoms with Crippen LogP contribution >= 0.6 is 24.0 Å². The van der Waals surface area contributed by atoms with E-state index in [0.29, 0.717) is 12.5 Å². The van der Waals surface area contributed by atoms with Crippen molar-refractivity contribution in [1.29, 1.82) is 0 Å². The predicted molar refractivity (Wildman–Crippen MR) is 140 cm³/mol. The van der Waals surface area contributed by atoms with Gasteiger partial charge in [-0.05, 0) is 45.1 Å². The molecule has 0 radical (unpaired) electrons. The van der Waals surface area contributed by atoms with Crippen molar-refractivity contribution in [2.45, 2.75) is 58.3 Å². The third kappa shape index (κ3) is 7.13. The van der Waals surface area contributed by atoms with Gasteiger partial charge >= 0.3 is 0 Å². The number of nitrogens with one attached hydrogen (secondary N) is 2. The first-order chi connectivity index (χ1) is 15.6. The van der Waals surface area contributed by atoms with Crippen molar-refractivity contribution in [3.63, 3.8) is 0 Å². The molecule has 2 N–H and O–H groups in total. The lowest BCUT2D eigenvalue weighted by Crippen LogP contribution is -2.44. The lowest BCUT2D eigenvalue weighted by atomic mass is 9.89. The quantitative estimate of drug-likeness (QED) is 0.303. The van der Waals surface area contributed by atoms with Crippen LogP contribution in [0, 0.1) is 19.8 Å². The summed E-state index contributed by atoms with van der Waals surface area (Å²) >= 11 is 0. The zero-order chi connectivity index (χ0) is 22.3. The van der Waals surface area contributed by atoms with Gasteiger partial charge in [-0.15, -0.1) is 34.2 Å². The number of aromatic nitrogens is 3. The summed E-state index contributed by atoms with van der Waals surface area (Å²) in [6.07, 6.45) is 4.79. The summed E-state index contributed by atoms with van der Waals surface area (Å²) in [7, 11) is 1.97. The van der Waals surface area contributed by atoms with Crippen LogP contribution < -0.4 is 10.6 Å². The van der Waals surface area contributed by atoms with Gasteiger partial charge in [0, 0.05) is 39.3 Å². The highest BCUT2D eigenvalue weighted by Gasteiger charge is 2.27. The largest absolute Gasteiger partial charge is 0.376 e. The minimum Gasteiger partial charge on any atom is -0.376 e. The molecule has 2 aliphatic heterocycles. The molecule has 0 bridgehead atoms. The smallest absolute Gasteiger partial charge is 0.191 e. The fourth-order valence-electron chi connectivity index (χ4n) is 4.33. The van der Waals surface area contributed by atoms with E-state index in [9.17, 15) is 0 Å². The van der Waals surface area contributed by atoms with Crippen LogP contribution in [0.5, 0.6) is 0 Å². The number of aliphatic imine (C=N–C) groups is 1. The highest BCUT2D eigenvalue weighted by atomic mass is 127. The van der Waals surface area contributed by atoms with Crippen molar-refractivity contribution in [2.75, 3.05) is 26.3 Å². The SMILES string of the molecule is Cc1ccc(C2OCCCC2CNC(=NCc2nnc(C)n2C)NCC2CCCO2)cc1.I. The van der Waals surface area contributed by atoms with Gasteiger partial charge in [0.1, 0.15) is 12.4 Å². The molecule has 9 heteroatoms. The molecule has 1 aromatic carbocycles. The second-order valence-corrected chi connectivity index (χ2v) is 8.89. The molecule has 0 spiro atoms. The minimum atomic E-state index is 0. The summed E-state index contributed by atoms with van der Waals surface area (Å²) < 4.78 is 13.9. The molecule has 3 heterocycles. The molecule has 2 fully saturated rings. The van der Waals surface area contributed by atoms with Crippen LogP contribution in [0.3, 0.4) is 0 Å².